The number of amides is 1. The molecule has 1 atom stereocenters. The Balaban J connectivity index is 1.78. The van der Waals surface area contributed by atoms with Crippen LogP contribution in [0.5, 0.6) is 0 Å². The Kier molecular flexibility index (Phi) is 4.61. The maximum atomic E-state index is 13.1. The van der Waals surface area contributed by atoms with E-state index in [0.717, 1.165) is 55.5 Å². The summed E-state index contributed by atoms with van der Waals surface area (Å²) >= 11 is 0.853. The van der Waals surface area contributed by atoms with Gasteiger partial charge in [0.05, 0.1) is 0 Å². The lowest BCUT2D eigenvalue weighted by atomic mass is 9.98. The van der Waals surface area contributed by atoms with Gasteiger partial charge in [0.15, 0.2) is 5.69 Å². The molecule has 0 spiro atoms. The van der Waals surface area contributed by atoms with Crippen LogP contribution in [0.1, 0.15) is 64.4 Å². The zero-order chi connectivity index (χ0) is 20.3. The molecular formula is C19H24N4O3S2. The van der Waals surface area contributed by atoms with E-state index in [4.69, 9.17) is 9.92 Å². The van der Waals surface area contributed by atoms with Gasteiger partial charge >= 0.3 is 0 Å². The summed E-state index contributed by atoms with van der Waals surface area (Å²) in [7, 11) is -3.65. The number of fused-ring (bicyclic) bond motifs is 2. The van der Waals surface area contributed by atoms with Gasteiger partial charge in [-0.25, -0.2) is 19.1 Å². The van der Waals surface area contributed by atoms with Crippen molar-refractivity contribution in [1.29, 1.82) is 4.78 Å². The van der Waals surface area contributed by atoms with Crippen LogP contribution in [0.4, 0.5) is 5.69 Å². The monoisotopic (exact) mass is 420 g/mol. The molecule has 0 saturated carbocycles. The first kappa shape index (κ1) is 19.5. The molecule has 0 bridgehead atoms. The summed E-state index contributed by atoms with van der Waals surface area (Å²) in [5.41, 5.74) is 4.32. The molecule has 150 valence electrons. The van der Waals surface area contributed by atoms with Gasteiger partial charge in [-0.1, -0.05) is 6.07 Å². The molecule has 0 saturated heterocycles. The van der Waals surface area contributed by atoms with E-state index in [9.17, 15) is 14.1 Å². The van der Waals surface area contributed by atoms with Crippen molar-refractivity contribution < 1.29 is 14.1 Å². The molecule has 5 N–H and O–H groups in total. The summed E-state index contributed by atoms with van der Waals surface area (Å²) in [6, 6.07) is 2.28. The number of rotatable bonds is 4. The molecule has 2 aliphatic carbocycles. The lowest BCUT2D eigenvalue weighted by Crippen LogP contribution is -2.21. The van der Waals surface area contributed by atoms with Crippen molar-refractivity contribution >= 4 is 32.8 Å². The number of aliphatic hydroxyl groups is 1. The van der Waals surface area contributed by atoms with Gasteiger partial charge in [0.1, 0.15) is 24.7 Å². The lowest BCUT2D eigenvalue weighted by molar-refractivity contribution is 0.0780. The molecule has 0 fully saturated rings. The highest BCUT2D eigenvalue weighted by Crippen LogP contribution is 2.39. The van der Waals surface area contributed by atoms with E-state index in [0.29, 0.717) is 0 Å². The van der Waals surface area contributed by atoms with Crippen LogP contribution in [0.3, 0.4) is 0 Å². The number of aromatic nitrogens is 1. The van der Waals surface area contributed by atoms with Crippen LogP contribution >= 0.6 is 11.3 Å². The molecule has 1 aromatic carbocycles. The maximum Gasteiger partial charge on any atom is 0.276 e. The van der Waals surface area contributed by atoms with Crippen LogP contribution in [0.2, 0.25) is 0 Å². The van der Waals surface area contributed by atoms with Crippen molar-refractivity contribution in [2.45, 2.75) is 62.2 Å². The molecule has 1 heterocycles. The molecule has 9 heteroatoms. The van der Waals surface area contributed by atoms with Crippen molar-refractivity contribution in [3.05, 3.63) is 39.0 Å². The topological polar surface area (TPSA) is 129 Å². The molecule has 28 heavy (non-hydrogen) atoms. The van der Waals surface area contributed by atoms with E-state index in [1.807, 2.05) is 0 Å². The molecule has 4 rings (SSSR count). The second kappa shape index (κ2) is 6.62. The van der Waals surface area contributed by atoms with E-state index in [2.05, 4.69) is 16.4 Å². The lowest BCUT2D eigenvalue weighted by Gasteiger charge is -2.16. The minimum Gasteiger partial charge on any atom is -0.383 e. The van der Waals surface area contributed by atoms with Gasteiger partial charge in [0.2, 0.25) is 0 Å². The molecule has 2 aromatic rings. The van der Waals surface area contributed by atoms with Crippen LogP contribution in [0.25, 0.3) is 0 Å². The molecule has 1 unspecified atom stereocenters. The van der Waals surface area contributed by atoms with Crippen LogP contribution in [0, 0.1) is 4.78 Å². The predicted molar refractivity (Wildman–Crippen MR) is 109 cm³/mol. The Morgan fingerprint density at radius 2 is 1.82 bits per heavy atom. The number of nitrogens with two attached hydrogens (primary N) is 1. The van der Waals surface area contributed by atoms with Gasteiger partial charge in [-0.2, -0.15) is 0 Å². The normalized spacial score (nSPS) is 17.9. The number of aryl methyl sites for hydroxylation is 2. The number of benzene rings is 1. The highest BCUT2D eigenvalue weighted by molar-refractivity contribution is 7.92. The maximum absolute atomic E-state index is 13.1. The molecular weight excluding hydrogens is 396 g/mol. The standard InChI is InChI=1S/C19H24N4O3S2/c1-19(2,25)18-23-15(17(27-18)28(20,21)26)16(24)22-14-12-7-3-5-10(12)9-11-6-4-8-13(11)14/h9,25H,3-8H2,1-2H3,(H,22,24)(H3,20,21,26). The number of carbonyl (C=O) groups is 1. The SMILES string of the molecule is CC(C)(O)c1nc(C(=O)Nc2c3c(cc4c2CCC4)CCC3)c(S(=N)(N)=O)s1. The van der Waals surface area contributed by atoms with E-state index in [1.165, 1.54) is 36.1 Å². The first-order valence-electron chi connectivity index (χ1n) is 9.34. The second-order valence-electron chi connectivity index (χ2n) is 8.00. The number of anilines is 1. The molecule has 1 amide bonds. The third-order valence-corrected chi connectivity index (χ3v) is 8.22. The van der Waals surface area contributed by atoms with Gasteiger partial charge in [-0.05, 0) is 74.6 Å². The first-order valence-corrected chi connectivity index (χ1v) is 11.8. The van der Waals surface area contributed by atoms with Gasteiger partial charge in [-0.15, -0.1) is 11.3 Å². The Morgan fingerprint density at radius 3 is 2.32 bits per heavy atom. The number of hydrogen-bond acceptors (Lipinski definition) is 6. The molecule has 1 aromatic heterocycles. The summed E-state index contributed by atoms with van der Waals surface area (Å²) in [5, 5.41) is 19.0. The van der Waals surface area contributed by atoms with E-state index < -0.39 is 21.4 Å². The zero-order valence-corrected chi connectivity index (χ0v) is 17.6. The third-order valence-electron chi connectivity index (χ3n) is 5.32. The summed E-state index contributed by atoms with van der Waals surface area (Å²) in [6.45, 7) is 3.05. The third kappa shape index (κ3) is 3.36. The van der Waals surface area contributed by atoms with Crippen LogP contribution in [-0.4, -0.2) is 20.2 Å². The van der Waals surface area contributed by atoms with E-state index >= 15 is 0 Å². The molecule has 7 nitrogen and oxygen atoms in total. The highest BCUT2D eigenvalue weighted by Gasteiger charge is 2.31. The first-order chi connectivity index (χ1) is 13.1. The fourth-order valence-electron chi connectivity index (χ4n) is 4.06. The molecule has 0 aliphatic heterocycles. The highest BCUT2D eigenvalue weighted by atomic mass is 32.2. The number of carbonyl (C=O) groups excluding carboxylic acids is 1. The predicted octanol–water partition coefficient (Wildman–Crippen LogP) is 2.88. The minimum atomic E-state index is -3.65. The number of nitrogens with one attached hydrogen (secondary N) is 2. The number of hydrogen-bond donors (Lipinski definition) is 4. The summed E-state index contributed by atoms with van der Waals surface area (Å²) < 4.78 is 19.9. The second-order valence-corrected chi connectivity index (χ2v) is 10.9. The Hall–Kier alpha value is -1.81. The van der Waals surface area contributed by atoms with Crippen LogP contribution < -0.4 is 10.5 Å². The van der Waals surface area contributed by atoms with Gasteiger partial charge < -0.3 is 10.4 Å². The minimum absolute atomic E-state index is 0.105. The van der Waals surface area contributed by atoms with Crippen LogP contribution in [0.15, 0.2) is 10.3 Å². The van der Waals surface area contributed by atoms with Gasteiger partial charge in [0, 0.05) is 5.69 Å². The quantitative estimate of drug-likeness (QED) is 0.606. The number of thiazole rings is 1. The number of nitrogens with zero attached hydrogens (tertiary/aromatic N) is 1. The molecule has 0 radical (unpaired) electrons. The average Bonchev–Trinajstić information content (AvgIpc) is 3.31. The Bertz CT molecular complexity index is 1050. The van der Waals surface area contributed by atoms with Crippen molar-refractivity contribution in [3.8, 4) is 0 Å². The van der Waals surface area contributed by atoms with Crippen molar-refractivity contribution in [1.82, 2.24) is 4.98 Å². The Labute approximate surface area is 168 Å². The zero-order valence-electron chi connectivity index (χ0n) is 15.9. The summed E-state index contributed by atoms with van der Waals surface area (Å²) in [4.78, 5) is 17.3. The smallest absolute Gasteiger partial charge is 0.276 e. The largest absolute Gasteiger partial charge is 0.383 e. The summed E-state index contributed by atoms with van der Waals surface area (Å²) in [6.07, 6.45) is 6.00. The van der Waals surface area contributed by atoms with Crippen LogP contribution in [-0.2, 0) is 41.2 Å². The Morgan fingerprint density at radius 1 is 1.25 bits per heavy atom. The van der Waals surface area contributed by atoms with Gasteiger partial charge in [-0.3, -0.25) is 4.79 Å². The van der Waals surface area contributed by atoms with Crippen molar-refractivity contribution in [2.75, 3.05) is 5.32 Å². The average molecular weight is 421 g/mol. The van der Waals surface area contributed by atoms with Gasteiger partial charge in [0.25, 0.3) is 5.91 Å². The summed E-state index contributed by atoms with van der Waals surface area (Å²) in [5.74, 6) is -0.526. The van der Waals surface area contributed by atoms with Crippen molar-refractivity contribution in [2.24, 2.45) is 5.14 Å². The van der Waals surface area contributed by atoms with Crippen molar-refractivity contribution in [3.63, 3.8) is 0 Å². The molecule has 2 aliphatic rings. The van der Waals surface area contributed by atoms with E-state index in [1.54, 1.807) is 0 Å². The van der Waals surface area contributed by atoms with E-state index in [-0.39, 0.29) is 14.9 Å². The fourth-order valence-corrected chi connectivity index (χ4v) is 6.01. The fraction of sp³-hybridized carbons (Fsp3) is 0.474.